The van der Waals surface area contributed by atoms with Gasteiger partial charge in [-0.1, -0.05) is 30.3 Å². The lowest BCUT2D eigenvalue weighted by Crippen LogP contribution is -2.33. The van der Waals surface area contributed by atoms with E-state index in [0.717, 1.165) is 18.1 Å². The van der Waals surface area contributed by atoms with Gasteiger partial charge >= 0.3 is 5.97 Å². The highest BCUT2D eigenvalue weighted by atomic mass is 16.5. The third kappa shape index (κ3) is 4.33. The number of carboxylic acids is 1. The summed E-state index contributed by atoms with van der Waals surface area (Å²) in [5, 5.41) is 9.37. The maximum absolute atomic E-state index is 11.4. The molecule has 4 nitrogen and oxygen atoms in total. The van der Waals surface area contributed by atoms with Crippen molar-refractivity contribution in [3.8, 4) is 0 Å². The highest BCUT2D eigenvalue weighted by Crippen LogP contribution is 2.28. The van der Waals surface area contributed by atoms with Gasteiger partial charge in [0, 0.05) is 13.2 Å². The molecule has 1 aliphatic carbocycles. The number of rotatable bonds is 8. The molecule has 1 aliphatic rings. The average molecular weight is 263 g/mol. The monoisotopic (exact) mass is 263 g/mol. The number of hydrogen-bond donors (Lipinski definition) is 1. The Morgan fingerprint density at radius 2 is 2.11 bits per heavy atom. The summed E-state index contributed by atoms with van der Waals surface area (Å²) in [6.45, 7) is 2.03. The van der Waals surface area contributed by atoms with Crippen molar-refractivity contribution < 1.29 is 14.6 Å². The number of benzene rings is 1. The molecule has 0 radical (unpaired) electrons. The summed E-state index contributed by atoms with van der Waals surface area (Å²) in [6.07, 6.45) is 2.55. The maximum atomic E-state index is 11.4. The SMILES string of the molecule is CN(CCOCC1CC1)C(C(=O)O)c1ccccc1. The molecule has 1 aromatic rings. The largest absolute Gasteiger partial charge is 0.480 e. The van der Waals surface area contributed by atoms with E-state index in [4.69, 9.17) is 4.74 Å². The Morgan fingerprint density at radius 1 is 1.42 bits per heavy atom. The lowest BCUT2D eigenvalue weighted by Gasteiger charge is -2.24. The number of carboxylic acid groups (broad SMARTS) is 1. The second-order valence-corrected chi connectivity index (χ2v) is 5.15. The molecule has 0 bridgehead atoms. The Labute approximate surface area is 114 Å². The molecule has 1 N–H and O–H groups in total. The van der Waals surface area contributed by atoms with Crippen LogP contribution < -0.4 is 0 Å². The van der Waals surface area contributed by atoms with Gasteiger partial charge in [0.25, 0.3) is 0 Å². The predicted octanol–water partition coefficient (Wildman–Crippen LogP) is 2.17. The zero-order valence-corrected chi connectivity index (χ0v) is 11.3. The van der Waals surface area contributed by atoms with Gasteiger partial charge in [-0.2, -0.15) is 0 Å². The predicted molar refractivity (Wildman–Crippen MR) is 73.0 cm³/mol. The summed E-state index contributed by atoms with van der Waals surface area (Å²) in [6, 6.07) is 8.71. The first kappa shape index (κ1) is 14.0. The maximum Gasteiger partial charge on any atom is 0.325 e. The molecule has 4 heteroatoms. The molecular weight excluding hydrogens is 242 g/mol. The normalized spacial score (nSPS) is 16.5. The summed E-state index contributed by atoms with van der Waals surface area (Å²) >= 11 is 0. The summed E-state index contributed by atoms with van der Waals surface area (Å²) in [5.74, 6) is -0.0782. The molecule has 0 amide bonds. The van der Waals surface area contributed by atoms with Crippen LogP contribution >= 0.6 is 0 Å². The topological polar surface area (TPSA) is 49.8 Å². The number of nitrogens with zero attached hydrogens (tertiary/aromatic N) is 1. The van der Waals surface area contributed by atoms with Crippen molar-refractivity contribution >= 4 is 5.97 Å². The second-order valence-electron chi connectivity index (χ2n) is 5.15. The average Bonchev–Trinajstić information content (AvgIpc) is 3.20. The van der Waals surface area contributed by atoms with Crippen molar-refractivity contribution in [1.82, 2.24) is 4.90 Å². The van der Waals surface area contributed by atoms with Gasteiger partial charge in [-0.05, 0) is 31.4 Å². The summed E-state index contributed by atoms with van der Waals surface area (Å²) in [7, 11) is 1.83. The molecule has 104 valence electrons. The number of carbonyl (C=O) groups is 1. The highest BCUT2D eigenvalue weighted by molar-refractivity contribution is 5.75. The number of ether oxygens (including phenoxy) is 1. The van der Waals surface area contributed by atoms with E-state index in [0.29, 0.717) is 13.2 Å². The first-order valence-electron chi connectivity index (χ1n) is 6.74. The van der Waals surface area contributed by atoms with Crippen LogP contribution in [0.25, 0.3) is 0 Å². The molecule has 1 atom stereocenters. The number of likely N-dealkylation sites (N-methyl/N-ethyl adjacent to an activating group) is 1. The van der Waals surface area contributed by atoms with Gasteiger partial charge in [-0.15, -0.1) is 0 Å². The molecule has 0 heterocycles. The van der Waals surface area contributed by atoms with Crippen molar-refractivity contribution in [3.05, 3.63) is 35.9 Å². The Balaban J connectivity index is 1.85. The lowest BCUT2D eigenvalue weighted by atomic mass is 10.1. The number of hydrogen-bond acceptors (Lipinski definition) is 3. The van der Waals surface area contributed by atoms with Crippen LogP contribution in [0.1, 0.15) is 24.4 Å². The van der Waals surface area contributed by atoms with Gasteiger partial charge in [0.2, 0.25) is 0 Å². The van der Waals surface area contributed by atoms with Crippen molar-refractivity contribution in [2.45, 2.75) is 18.9 Å². The van der Waals surface area contributed by atoms with Gasteiger partial charge in [-0.25, -0.2) is 0 Å². The third-order valence-corrected chi connectivity index (χ3v) is 3.43. The Hall–Kier alpha value is -1.39. The molecule has 0 spiro atoms. The molecule has 0 saturated heterocycles. The van der Waals surface area contributed by atoms with E-state index in [-0.39, 0.29) is 0 Å². The minimum Gasteiger partial charge on any atom is -0.480 e. The first-order chi connectivity index (χ1) is 9.18. The van der Waals surface area contributed by atoms with E-state index in [9.17, 15) is 9.90 Å². The quantitative estimate of drug-likeness (QED) is 0.730. The van der Waals surface area contributed by atoms with Crippen molar-refractivity contribution in [2.24, 2.45) is 5.92 Å². The van der Waals surface area contributed by atoms with E-state index >= 15 is 0 Å². The van der Waals surface area contributed by atoms with Crippen LogP contribution in [0.4, 0.5) is 0 Å². The summed E-state index contributed by atoms with van der Waals surface area (Å²) < 4.78 is 5.56. The van der Waals surface area contributed by atoms with Crippen LogP contribution in [0.5, 0.6) is 0 Å². The fourth-order valence-electron chi connectivity index (χ4n) is 2.09. The Morgan fingerprint density at radius 3 is 2.68 bits per heavy atom. The van der Waals surface area contributed by atoms with E-state index in [1.54, 1.807) is 0 Å². The van der Waals surface area contributed by atoms with E-state index in [1.165, 1.54) is 12.8 Å². The Bertz CT molecular complexity index is 403. The highest BCUT2D eigenvalue weighted by Gasteiger charge is 2.25. The fourth-order valence-corrected chi connectivity index (χ4v) is 2.09. The zero-order valence-electron chi connectivity index (χ0n) is 11.3. The summed E-state index contributed by atoms with van der Waals surface area (Å²) in [5.41, 5.74) is 0.805. The van der Waals surface area contributed by atoms with Gasteiger partial charge in [0.1, 0.15) is 6.04 Å². The molecule has 2 rings (SSSR count). The minimum absolute atomic E-state index is 0.587. The van der Waals surface area contributed by atoms with Gasteiger partial charge in [0.05, 0.1) is 6.61 Å². The first-order valence-corrected chi connectivity index (χ1v) is 6.74. The van der Waals surface area contributed by atoms with Gasteiger partial charge < -0.3 is 9.84 Å². The standard InChI is InChI=1S/C15H21NO3/c1-16(9-10-19-11-12-7-8-12)14(15(17)18)13-5-3-2-4-6-13/h2-6,12,14H,7-11H2,1H3,(H,17,18). The van der Waals surface area contributed by atoms with Crippen LogP contribution in [0.2, 0.25) is 0 Å². The van der Waals surface area contributed by atoms with Crippen LogP contribution in [0, 0.1) is 5.92 Å². The molecule has 1 fully saturated rings. The van der Waals surface area contributed by atoms with E-state index in [2.05, 4.69) is 0 Å². The van der Waals surface area contributed by atoms with Gasteiger partial charge in [0.15, 0.2) is 0 Å². The smallest absolute Gasteiger partial charge is 0.325 e. The third-order valence-electron chi connectivity index (χ3n) is 3.43. The Kier molecular flexibility index (Phi) is 4.93. The second kappa shape index (κ2) is 6.68. The van der Waals surface area contributed by atoms with Gasteiger partial charge in [-0.3, -0.25) is 9.69 Å². The zero-order chi connectivity index (χ0) is 13.7. The summed E-state index contributed by atoms with van der Waals surface area (Å²) in [4.78, 5) is 13.2. The minimum atomic E-state index is -0.823. The fraction of sp³-hybridized carbons (Fsp3) is 0.533. The molecule has 1 saturated carbocycles. The molecular formula is C15H21NO3. The van der Waals surface area contributed by atoms with E-state index in [1.807, 2.05) is 42.3 Å². The number of aliphatic carboxylic acids is 1. The molecule has 0 aromatic heterocycles. The van der Waals surface area contributed by atoms with Crippen molar-refractivity contribution in [3.63, 3.8) is 0 Å². The van der Waals surface area contributed by atoms with Crippen LogP contribution in [0.3, 0.4) is 0 Å². The molecule has 1 aromatic carbocycles. The van der Waals surface area contributed by atoms with Crippen LogP contribution in [-0.2, 0) is 9.53 Å². The van der Waals surface area contributed by atoms with Crippen molar-refractivity contribution in [2.75, 3.05) is 26.8 Å². The molecule has 19 heavy (non-hydrogen) atoms. The van der Waals surface area contributed by atoms with E-state index < -0.39 is 12.0 Å². The van der Waals surface area contributed by atoms with Crippen LogP contribution in [-0.4, -0.2) is 42.8 Å². The van der Waals surface area contributed by atoms with Crippen LogP contribution in [0.15, 0.2) is 30.3 Å². The lowest BCUT2D eigenvalue weighted by molar-refractivity contribution is -0.143. The molecule has 1 unspecified atom stereocenters. The van der Waals surface area contributed by atoms with Crippen molar-refractivity contribution in [1.29, 1.82) is 0 Å². The molecule has 0 aliphatic heterocycles.